The number of hydrogen-bond donors (Lipinski definition) is 0. The van der Waals surface area contributed by atoms with Crippen molar-refractivity contribution in [3.8, 4) is 11.4 Å². The van der Waals surface area contributed by atoms with Crippen LogP contribution in [-0.2, 0) is 42.5 Å². The lowest BCUT2D eigenvalue weighted by molar-refractivity contribution is -0.132. The average molecular weight is 427 g/mol. The molecule has 9 nitrogen and oxygen atoms in total. The maximum absolute atomic E-state index is 13.0. The van der Waals surface area contributed by atoms with E-state index in [4.69, 9.17) is 14.3 Å². The van der Waals surface area contributed by atoms with E-state index in [9.17, 15) is 4.79 Å². The van der Waals surface area contributed by atoms with Crippen molar-refractivity contribution in [2.45, 2.75) is 52.6 Å². The first-order valence-corrected chi connectivity index (χ1v) is 10.7. The van der Waals surface area contributed by atoms with E-state index in [1.165, 1.54) is 17.7 Å². The molecular weight excluding hydrogens is 396 g/mol. The molecule has 0 aromatic carbocycles. The van der Waals surface area contributed by atoms with Gasteiger partial charge in [0.1, 0.15) is 17.7 Å². The molecular formula is C22H30N6O3. The van der Waals surface area contributed by atoms with Crippen molar-refractivity contribution in [2.75, 3.05) is 20.3 Å². The second-order valence-electron chi connectivity index (χ2n) is 8.06. The summed E-state index contributed by atoms with van der Waals surface area (Å²) in [6, 6.07) is 0. The number of methoxy groups -OCH3 is 1. The predicted molar refractivity (Wildman–Crippen MR) is 114 cm³/mol. The van der Waals surface area contributed by atoms with Gasteiger partial charge in [-0.25, -0.2) is 4.98 Å². The fourth-order valence-corrected chi connectivity index (χ4v) is 4.35. The van der Waals surface area contributed by atoms with Crippen molar-refractivity contribution < 1.29 is 13.9 Å². The molecule has 1 aliphatic heterocycles. The Bertz CT molecular complexity index is 1050. The van der Waals surface area contributed by atoms with E-state index in [0.717, 1.165) is 42.0 Å². The Labute approximate surface area is 182 Å². The molecule has 0 spiro atoms. The fourth-order valence-electron chi connectivity index (χ4n) is 4.35. The standard InChI is InChI=1S/C22H30N6O3/c1-15-17(16(2)26(3)24-15)6-7-21(29)27-10-8-20-18(12-27)22(19-13-31-14-23-19)25-28(20)9-5-11-30-4/h13-14H,5-12H2,1-4H3. The topological polar surface area (TPSA) is 91.2 Å². The smallest absolute Gasteiger partial charge is 0.223 e. The summed E-state index contributed by atoms with van der Waals surface area (Å²) in [5.74, 6) is 0.159. The number of rotatable bonds is 8. The van der Waals surface area contributed by atoms with Crippen LogP contribution in [0.4, 0.5) is 0 Å². The number of hydrogen-bond acceptors (Lipinski definition) is 6. The number of fused-ring (bicyclic) bond motifs is 1. The van der Waals surface area contributed by atoms with Gasteiger partial charge in [0.05, 0.1) is 5.69 Å². The van der Waals surface area contributed by atoms with Crippen LogP contribution in [0.2, 0.25) is 0 Å². The second-order valence-corrected chi connectivity index (χ2v) is 8.06. The quantitative estimate of drug-likeness (QED) is 0.514. The van der Waals surface area contributed by atoms with Crippen molar-refractivity contribution in [3.05, 3.63) is 40.9 Å². The minimum atomic E-state index is 0.159. The van der Waals surface area contributed by atoms with E-state index in [1.54, 1.807) is 13.4 Å². The molecule has 0 aliphatic carbocycles. The minimum absolute atomic E-state index is 0.159. The zero-order valence-electron chi connectivity index (χ0n) is 18.7. The minimum Gasteiger partial charge on any atom is -0.451 e. The Balaban J connectivity index is 1.51. The van der Waals surface area contributed by atoms with E-state index < -0.39 is 0 Å². The molecule has 0 radical (unpaired) electrons. The van der Waals surface area contributed by atoms with Gasteiger partial charge in [-0.05, 0) is 32.3 Å². The number of ether oxygens (including phenoxy) is 1. The first-order chi connectivity index (χ1) is 15.0. The molecule has 0 atom stereocenters. The summed E-state index contributed by atoms with van der Waals surface area (Å²) in [4.78, 5) is 19.3. The summed E-state index contributed by atoms with van der Waals surface area (Å²) in [5.41, 5.74) is 7.05. The molecule has 0 saturated carbocycles. The second kappa shape index (κ2) is 9.05. The summed E-state index contributed by atoms with van der Waals surface area (Å²) >= 11 is 0. The van der Waals surface area contributed by atoms with Crippen molar-refractivity contribution in [3.63, 3.8) is 0 Å². The molecule has 0 unspecified atom stereocenters. The summed E-state index contributed by atoms with van der Waals surface area (Å²) in [7, 11) is 3.65. The summed E-state index contributed by atoms with van der Waals surface area (Å²) in [6.45, 7) is 6.77. The molecule has 4 rings (SSSR count). The molecule has 1 aliphatic rings. The highest BCUT2D eigenvalue weighted by molar-refractivity contribution is 5.77. The highest BCUT2D eigenvalue weighted by Gasteiger charge is 2.29. The summed E-state index contributed by atoms with van der Waals surface area (Å²) in [5, 5.41) is 9.27. The monoisotopic (exact) mass is 426 g/mol. The highest BCUT2D eigenvalue weighted by Crippen LogP contribution is 2.30. The van der Waals surface area contributed by atoms with Gasteiger partial charge in [-0.3, -0.25) is 14.2 Å². The van der Waals surface area contributed by atoms with E-state index in [2.05, 4.69) is 17.0 Å². The van der Waals surface area contributed by atoms with Crippen LogP contribution in [0.25, 0.3) is 11.4 Å². The first kappa shape index (κ1) is 21.3. The van der Waals surface area contributed by atoms with Gasteiger partial charge in [0, 0.05) is 70.2 Å². The highest BCUT2D eigenvalue weighted by atomic mass is 16.5. The van der Waals surface area contributed by atoms with Gasteiger partial charge in [0.25, 0.3) is 0 Å². The molecule has 9 heteroatoms. The number of carbonyl (C=O) groups excluding carboxylic acids is 1. The van der Waals surface area contributed by atoms with Crippen molar-refractivity contribution in [1.82, 2.24) is 29.4 Å². The van der Waals surface area contributed by atoms with Crippen LogP contribution in [0.15, 0.2) is 17.1 Å². The molecule has 0 saturated heterocycles. The maximum Gasteiger partial charge on any atom is 0.223 e. The van der Waals surface area contributed by atoms with E-state index >= 15 is 0 Å². The lowest BCUT2D eigenvalue weighted by Crippen LogP contribution is -2.36. The molecule has 0 N–H and O–H groups in total. The largest absolute Gasteiger partial charge is 0.451 e. The van der Waals surface area contributed by atoms with Gasteiger partial charge in [-0.2, -0.15) is 10.2 Å². The Morgan fingerprint density at radius 2 is 2.13 bits per heavy atom. The van der Waals surface area contributed by atoms with Crippen LogP contribution < -0.4 is 0 Å². The zero-order chi connectivity index (χ0) is 22.0. The lowest BCUT2D eigenvalue weighted by atomic mass is 10.0. The van der Waals surface area contributed by atoms with E-state index in [0.29, 0.717) is 38.2 Å². The first-order valence-electron chi connectivity index (χ1n) is 10.7. The van der Waals surface area contributed by atoms with Crippen LogP contribution in [0.1, 0.15) is 41.1 Å². The normalized spacial score (nSPS) is 13.6. The number of carbonyl (C=O) groups is 1. The zero-order valence-corrected chi connectivity index (χ0v) is 18.7. The Hall–Kier alpha value is -2.94. The molecule has 1 amide bonds. The third kappa shape index (κ3) is 4.27. The van der Waals surface area contributed by atoms with Crippen LogP contribution >= 0.6 is 0 Å². The molecule has 4 heterocycles. The Morgan fingerprint density at radius 3 is 2.81 bits per heavy atom. The van der Waals surface area contributed by atoms with Crippen LogP contribution in [0.5, 0.6) is 0 Å². The Morgan fingerprint density at radius 1 is 1.29 bits per heavy atom. The van der Waals surface area contributed by atoms with E-state index in [-0.39, 0.29) is 5.91 Å². The molecule has 3 aromatic rings. The number of aryl methyl sites for hydroxylation is 3. The van der Waals surface area contributed by atoms with Crippen LogP contribution in [-0.4, -0.2) is 55.6 Å². The van der Waals surface area contributed by atoms with E-state index in [1.807, 2.05) is 28.2 Å². The number of amides is 1. The van der Waals surface area contributed by atoms with Crippen molar-refractivity contribution in [2.24, 2.45) is 7.05 Å². The van der Waals surface area contributed by atoms with Crippen molar-refractivity contribution >= 4 is 5.91 Å². The third-order valence-corrected chi connectivity index (χ3v) is 6.13. The predicted octanol–water partition coefficient (Wildman–Crippen LogP) is 2.44. The summed E-state index contributed by atoms with van der Waals surface area (Å²) < 4.78 is 14.3. The molecule has 0 bridgehead atoms. The number of aromatic nitrogens is 5. The molecule has 0 fully saturated rings. The average Bonchev–Trinajstić information content (AvgIpc) is 3.46. The lowest BCUT2D eigenvalue weighted by Gasteiger charge is -2.28. The fraction of sp³-hybridized carbons (Fsp3) is 0.545. The van der Waals surface area contributed by atoms with Crippen molar-refractivity contribution in [1.29, 1.82) is 0 Å². The van der Waals surface area contributed by atoms with Gasteiger partial charge in [-0.1, -0.05) is 0 Å². The van der Waals surface area contributed by atoms with Gasteiger partial charge >= 0.3 is 0 Å². The SMILES string of the molecule is COCCCn1nc(-c2cocn2)c2c1CCN(C(=O)CCc1c(C)nn(C)c1C)C2. The molecule has 166 valence electrons. The van der Waals surface area contributed by atoms with Gasteiger partial charge < -0.3 is 14.1 Å². The van der Waals surface area contributed by atoms with Crippen LogP contribution in [0, 0.1) is 13.8 Å². The Kier molecular flexibility index (Phi) is 6.22. The number of nitrogens with zero attached hydrogens (tertiary/aromatic N) is 6. The van der Waals surface area contributed by atoms with Crippen LogP contribution in [0.3, 0.4) is 0 Å². The molecule has 3 aromatic heterocycles. The maximum atomic E-state index is 13.0. The van der Waals surface area contributed by atoms with Gasteiger partial charge in [-0.15, -0.1) is 0 Å². The summed E-state index contributed by atoms with van der Waals surface area (Å²) in [6.07, 6.45) is 5.87. The van der Waals surface area contributed by atoms with Gasteiger partial charge in [0.15, 0.2) is 6.39 Å². The van der Waals surface area contributed by atoms with Gasteiger partial charge in [0.2, 0.25) is 5.91 Å². The number of oxazole rings is 1. The third-order valence-electron chi connectivity index (χ3n) is 6.13. The molecule has 31 heavy (non-hydrogen) atoms.